The van der Waals surface area contributed by atoms with Crippen LogP contribution in [-0.2, 0) is 28.2 Å². The van der Waals surface area contributed by atoms with Crippen molar-refractivity contribution < 1.29 is 39.7 Å². The minimum atomic E-state index is -5.87. The first-order valence-electron chi connectivity index (χ1n) is 10.9. The van der Waals surface area contributed by atoms with Gasteiger partial charge in [-0.2, -0.15) is 21.6 Å². The Morgan fingerprint density at radius 3 is 2.19 bits per heavy atom. The van der Waals surface area contributed by atoms with Crippen molar-refractivity contribution in [2.24, 2.45) is 17.3 Å². The summed E-state index contributed by atoms with van der Waals surface area (Å²) in [7, 11) is -5.42. The van der Waals surface area contributed by atoms with Gasteiger partial charge in [-0.1, -0.05) is 32.9 Å². The molecule has 0 aromatic rings. The fourth-order valence-corrected chi connectivity index (χ4v) is 7.55. The first kappa shape index (κ1) is 26.1. The summed E-state index contributed by atoms with van der Waals surface area (Å²) in [6, 6.07) is 0. The molecule has 4 aliphatic rings. The Kier molecular flexibility index (Phi) is 6.58. The van der Waals surface area contributed by atoms with Gasteiger partial charge in [0, 0.05) is 31.7 Å². The van der Waals surface area contributed by atoms with Gasteiger partial charge in [0.25, 0.3) is 0 Å². The van der Waals surface area contributed by atoms with Crippen molar-refractivity contribution in [2.45, 2.75) is 88.1 Å². The van der Waals surface area contributed by atoms with E-state index in [1.807, 2.05) is 12.2 Å². The van der Waals surface area contributed by atoms with E-state index in [2.05, 4.69) is 33.9 Å². The average molecular weight is 501 g/mol. The number of alkyl halides is 3. The molecule has 5 atom stereocenters. The molecule has 0 heterocycles. The van der Waals surface area contributed by atoms with Crippen LogP contribution in [0.3, 0.4) is 0 Å². The molecule has 11 heteroatoms. The largest absolute Gasteiger partial charge is 0.523 e. The second kappa shape index (κ2) is 8.05. The first-order chi connectivity index (χ1) is 14.5. The highest BCUT2D eigenvalue weighted by Crippen LogP contribution is 2.63. The fraction of sp³-hybridized carbons (Fsp3) is 0.905. The summed E-state index contributed by atoms with van der Waals surface area (Å²) < 4.78 is 87.1. The third-order valence-electron chi connectivity index (χ3n) is 8.15. The van der Waals surface area contributed by atoms with Crippen LogP contribution < -0.4 is 0 Å². The molecule has 0 aromatic heterocycles. The van der Waals surface area contributed by atoms with Crippen molar-refractivity contribution in [3.05, 3.63) is 12.2 Å². The summed E-state index contributed by atoms with van der Waals surface area (Å²) >= 11 is 0. The first-order valence-corrected chi connectivity index (χ1v) is 15.3. The van der Waals surface area contributed by atoms with Crippen LogP contribution in [0.15, 0.2) is 12.2 Å². The van der Waals surface area contributed by atoms with Crippen LogP contribution in [0.5, 0.6) is 0 Å². The van der Waals surface area contributed by atoms with Crippen LogP contribution in [-0.4, -0.2) is 54.5 Å². The van der Waals surface area contributed by atoms with Crippen molar-refractivity contribution in [1.82, 2.24) is 0 Å². The molecule has 186 valence electrons. The number of halogens is 3. The van der Waals surface area contributed by atoms with Gasteiger partial charge in [0.05, 0.1) is 0 Å². The number of hydrogen-bond acceptors (Lipinski definition) is 6. The van der Waals surface area contributed by atoms with Crippen LogP contribution in [0.4, 0.5) is 13.2 Å². The van der Waals surface area contributed by atoms with Gasteiger partial charge in [-0.15, -0.1) is 0 Å². The second-order valence-corrected chi connectivity index (χ2v) is 17.1. The Morgan fingerprint density at radius 1 is 1.09 bits per heavy atom. The summed E-state index contributed by atoms with van der Waals surface area (Å²) in [5.41, 5.74) is -6.55. The summed E-state index contributed by atoms with van der Waals surface area (Å²) in [4.78, 5) is 0. The lowest BCUT2D eigenvalue weighted by Gasteiger charge is -2.63. The molecule has 4 aliphatic carbocycles. The van der Waals surface area contributed by atoms with Gasteiger partial charge in [-0.3, -0.25) is 4.18 Å². The molecule has 4 rings (SSSR count). The number of rotatable bonds is 6. The van der Waals surface area contributed by atoms with E-state index in [0.29, 0.717) is 19.3 Å². The molecule has 0 amide bonds. The van der Waals surface area contributed by atoms with E-state index < -0.39 is 47.2 Å². The number of hydrogen-bond donors (Lipinski definition) is 0. The highest BCUT2D eigenvalue weighted by Gasteiger charge is 2.70. The molecule has 2 bridgehead atoms. The normalized spacial score (nSPS) is 35.1. The van der Waals surface area contributed by atoms with Crippen molar-refractivity contribution in [2.75, 3.05) is 14.2 Å². The Hall–Kier alpha value is -0.463. The second-order valence-electron chi connectivity index (χ2n) is 10.7. The molecule has 32 heavy (non-hydrogen) atoms. The van der Waals surface area contributed by atoms with Crippen LogP contribution in [0.1, 0.15) is 46.5 Å². The standard InChI is InChI=1S/C21H35F3O6SSi/c1-18(2,3)32(6,7)30-16-9-8-11-19-12-10-14(13-15(16)19)20(27-4,28-5)17(19)29-31(25,26)21(22,23)24/h10,12,14-17H,8-9,11,13H2,1-7H3/t14-,15-,16+,17+,19+/m0/s1. The zero-order valence-electron chi connectivity index (χ0n) is 19.8. The quantitative estimate of drug-likeness (QED) is 0.168. The van der Waals surface area contributed by atoms with Crippen LogP contribution >= 0.6 is 0 Å². The predicted molar refractivity (Wildman–Crippen MR) is 116 cm³/mol. The van der Waals surface area contributed by atoms with E-state index in [4.69, 9.17) is 18.1 Å². The van der Waals surface area contributed by atoms with Gasteiger partial charge >= 0.3 is 15.6 Å². The maximum absolute atomic E-state index is 13.3. The van der Waals surface area contributed by atoms with Gasteiger partial charge in [0.15, 0.2) is 8.32 Å². The van der Waals surface area contributed by atoms with Gasteiger partial charge in [-0.05, 0) is 49.7 Å². The number of methoxy groups -OCH3 is 2. The lowest BCUT2D eigenvalue weighted by molar-refractivity contribution is -0.329. The maximum Gasteiger partial charge on any atom is 0.523 e. The molecule has 0 unspecified atom stereocenters. The highest BCUT2D eigenvalue weighted by atomic mass is 32.2. The van der Waals surface area contributed by atoms with Gasteiger partial charge in [-0.25, -0.2) is 0 Å². The van der Waals surface area contributed by atoms with Crippen LogP contribution in [0.2, 0.25) is 18.1 Å². The van der Waals surface area contributed by atoms with Crippen LogP contribution in [0.25, 0.3) is 0 Å². The number of ether oxygens (including phenoxy) is 2. The monoisotopic (exact) mass is 500 g/mol. The molecular formula is C21H35F3O6SSi. The Bertz CT molecular complexity index is 847. The smallest absolute Gasteiger partial charge is 0.414 e. The third kappa shape index (κ3) is 3.90. The minimum absolute atomic E-state index is 0.0422. The zero-order chi connectivity index (χ0) is 24.4. The lowest BCUT2D eigenvalue weighted by Crippen LogP contribution is -2.70. The van der Waals surface area contributed by atoms with E-state index in [1.165, 1.54) is 14.2 Å². The molecule has 0 aromatic carbocycles. The summed E-state index contributed by atoms with van der Waals surface area (Å²) in [5, 5.41) is -0.0422. The van der Waals surface area contributed by atoms with Crippen LogP contribution in [0, 0.1) is 17.3 Å². The van der Waals surface area contributed by atoms with Crippen molar-refractivity contribution in [3.8, 4) is 0 Å². The van der Waals surface area contributed by atoms with E-state index in [0.717, 1.165) is 6.42 Å². The van der Waals surface area contributed by atoms with E-state index in [-0.39, 0.29) is 17.1 Å². The molecule has 0 saturated heterocycles. The molecule has 6 nitrogen and oxygen atoms in total. The Labute approximate surface area is 190 Å². The molecule has 1 spiro atoms. The minimum Gasteiger partial charge on any atom is -0.414 e. The third-order valence-corrected chi connectivity index (χ3v) is 13.7. The Balaban J connectivity index is 2.07. The predicted octanol–water partition coefficient (Wildman–Crippen LogP) is 4.98. The van der Waals surface area contributed by atoms with Crippen molar-refractivity contribution in [3.63, 3.8) is 0 Å². The fourth-order valence-electron chi connectivity index (χ4n) is 5.48. The van der Waals surface area contributed by atoms with E-state index in [1.54, 1.807) is 0 Å². The molecule has 0 radical (unpaired) electrons. The summed E-state index contributed by atoms with van der Waals surface area (Å²) in [6.45, 7) is 10.7. The van der Waals surface area contributed by atoms with Crippen molar-refractivity contribution in [1.29, 1.82) is 0 Å². The van der Waals surface area contributed by atoms with Gasteiger partial charge in [0.2, 0.25) is 5.79 Å². The lowest BCUT2D eigenvalue weighted by atomic mass is 9.49. The van der Waals surface area contributed by atoms with Gasteiger partial charge in [0.1, 0.15) is 6.10 Å². The molecule has 2 fully saturated rings. The SMILES string of the molecule is COC1(OC)[C@H]2C=C[C@@]3(CCC[C@@H](O[Si](C)(C)C(C)(C)C)[C@@H]3C2)[C@H]1OS(=O)(=O)C(F)(F)F. The molecule has 2 saturated carbocycles. The maximum atomic E-state index is 13.3. The number of fused-ring (bicyclic) bond motifs is 1. The van der Waals surface area contributed by atoms with Crippen molar-refractivity contribution >= 4 is 18.4 Å². The molecular weight excluding hydrogens is 465 g/mol. The zero-order valence-corrected chi connectivity index (χ0v) is 21.6. The highest BCUT2D eigenvalue weighted by molar-refractivity contribution is 7.87. The summed E-state index contributed by atoms with van der Waals surface area (Å²) in [5.74, 6) is -2.31. The molecule has 0 N–H and O–H groups in total. The Morgan fingerprint density at radius 2 is 1.69 bits per heavy atom. The topological polar surface area (TPSA) is 71.1 Å². The molecule has 0 aliphatic heterocycles. The van der Waals surface area contributed by atoms with E-state index >= 15 is 0 Å². The van der Waals surface area contributed by atoms with E-state index in [9.17, 15) is 21.6 Å². The average Bonchev–Trinajstić information content (AvgIpc) is 2.66. The summed E-state index contributed by atoms with van der Waals surface area (Å²) in [6.07, 6.45) is 4.48. The van der Waals surface area contributed by atoms with Gasteiger partial charge < -0.3 is 13.9 Å².